The lowest BCUT2D eigenvalue weighted by Gasteiger charge is -2.40. The van der Waals surface area contributed by atoms with Crippen LogP contribution in [0, 0.1) is 0 Å². The third-order valence-electron chi connectivity index (χ3n) is 4.30. The van der Waals surface area contributed by atoms with E-state index < -0.39 is 6.04 Å². The van der Waals surface area contributed by atoms with E-state index in [-0.39, 0.29) is 17.9 Å². The highest BCUT2D eigenvalue weighted by atomic mass is 16.5. The molecule has 5 heteroatoms. The minimum Gasteiger partial charge on any atom is -0.370 e. The van der Waals surface area contributed by atoms with Crippen molar-refractivity contribution in [3.05, 3.63) is 48.0 Å². The summed E-state index contributed by atoms with van der Waals surface area (Å²) in [5, 5.41) is 5.02. The minimum atomic E-state index is -0.485. The van der Waals surface area contributed by atoms with Gasteiger partial charge in [0.25, 0.3) is 0 Å². The fourth-order valence-corrected chi connectivity index (χ4v) is 2.99. The van der Waals surface area contributed by atoms with Gasteiger partial charge in [-0.05, 0) is 23.3 Å². The van der Waals surface area contributed by atoms with Gasteiger partial charge in [-0.2, -0.15) is 0 Å². The number of rotatable bonds is 5. The molecule has 1 N–H and O–H groups in total. The SMILES string of the molecule is CC(=O)N[C@@H](C)C(=O)N1CC(OCc2cccc3ccccc23)C1. The highest BCUT2D eigenvalue weighted by Crippen LogP contribution is 2.21. The molecule has 24 heavy (non-hydrogen) atoms. The maximum absolute atomic E-state index is 12.1. The summed E-state index contributed by atoms with van der Waals surface area (Å²) in [6.45, 7) is 4.81. The molecule has 1 heterocycles. The molecule has 1 aliphatic rings. The average Bonchev–Trinajstić information content (AvgIpc) is 2.52. The Morgan fingerprint density at radius 1 is 1.21 bits per heavy atom. The molecule has 1 atom stereocenters. The van der Waals surface area contributed by atoms with Gasteiger partial charge in [-0.25, -0.2) is 0 Å². The van der Waals surface area contributed by atoms with Crippen molar-refractivity contribution in [2.75, 3.05) is 13.1 Å². The molecular formula is C19H22N2O3. The van der Waals surface area contributed by atoms with Crippen molar-refractivity contribution in [1.29, 1.82) is 0 Å². The number of amides is 2. The molecule has 2 aromatic rings. The van der Waals surface area contributed by atoms with Crippen LogP contribution in [0.25, 0.3) is 10.8 Å². The number of benzene rings is 2. The summed E-state index contributed by atoms with van der Waals surface area (Å²) < 4.78 is 5.93. The quantitative estimate of drug-likeness (QED) is 0.915. The molecular weight excluding hydrogens is 304 g/mol. The molecule has 0 spiro atoms. The highest BCUT2D eigenvalue weighted by molar-refractivity contribution is 5.87. The first-order valence-corrected chi connectivity index (χ1v) is 8.18. The maximum Gasteiger partial charge on any atom is 0.245 e. The Balaban J connectivity index is 1.51. The van der Waals surface area contributed by atoms with Crippen LogP contribution in [0.5, 0.6) is 0 Å². The van der Waals surface area contributed by atoms with Crippen LogP contribution in [0.1, 0.15) is 19.4 Å². The molecule has 126 valence electrons. The summed E-state index contributed by atoms with van der Waals surface area (Å²) in [5.74, 6) is -0.254. The van der Waals surface area contributed by atoms with E-state index in [0.717, 1.165) is 5.56 Å². The first-order valence-electron chi connectivity index (χ1n) is 8.18. The molecule has 1 saturated heterocycles. The van der Waals surface area contributed by atoms with Crippen molar-refractivity contribution in [3.63, 3.8) is 0 Å². The molecule has 0 bridgehead atoms. The number of ether oxygens (including phenoxy) is 1. The lowest BCUT2D eigenvalue weighted by molar-refractivity contribution is -0.148. The van der Waals surface area contributed by atoms with E-state index in [1.807, 2.05) is 18.2 Å². The van der Waals surface area contributed by atoms with Crippen molar-refractivity contribution >= 4 is 22.6 Å². The van der Waals surface area contributed by atoms with Crippen LogP contribution in [-0.2, 0) is 20.9 Å². The van der Waals surface area contributed by atoms with Gasteiger partial charge in [0.1, 0.15) is 6.04 Å². The predicted molar refractivity (Wildman–Crippen MR) is 92.4 cm³/mol. The van der Waals surface area contributed by atoms with Gasteiger partial charge in [-0.3, -0.25) is 9.59 Å². The van der Waals surface area contributed by atoms with Gasteiger partial charge in [0, 0.05) is 20.0 Å². The molecule has 2 amide bonds. The molecule has 3 rings (SSSR count). The zero-order chi connectivity index (χ0) is 17.1. The maximum atomic E-state index is 12.1. The standard InChI is InChI=1S/C19H22N2O3/c1-13(20-14(2)22)19(23)21-10-17(11-21)24-12-16-8-5-7-15-6-3-4-9-18(15)16/h3-9,13,17H,10-12H2,1-2H3,(H,20,22)/t13-/m0/s1. The smallest absolute Gasteiger partial charge is 0.245 e. The number of nitrogens with one attached hydrogen (secondary N) is 1. The Labute approximate surface area is 141 Å². The van der Waals surface area contributed by atoms with Crippen molar-refractivity contribution in [2.45, 2.75) is 32.6 Å². The summed E-state index contributed by atoms with van der Waals surface area (Å²) in [6, 6.07) is 14.0. The Kier molecular flexibility index (Phi) is 4.81. The Bertz CT molecular complexity index is 748. The number of hydrogen-bond donors (Lipinski definition) is 1. The van der Waals surface area contributed by atoms with Gasteiger partial charge in [0.05, 0.1) is 12.7 Å². The molecule has 1 fully saturated rings. The third kappa shape index (κ3) is 3.57. The number of nitrogens with zero attached hydrogens (tertiary/aromatic N) is 1. The summed E-state index contributed by atoms with van der Waals surface area (Å²) in [5.41, 5.74) is 1.16. The molecule has 5 nitrogen and oxygen atoms in total. The van der Waals surface area contributed by atoms with Crippen LogP contribution in [0.3, 0.4) is 0 Å². The van der Waals surface area contributed by atoms with Crippen molar-refractivity contribution in [3.8, 4) is 0 Å². The lowest BCUT2D eigenvalue weighted by Crippen LogP contribution is -2.59. The van der Waals surface area contributed by atoms with Crippen molar-refractivity contribution < 1.29 is 14.3 Å². The van der Waals surface area contributed by atoms with Crippen LogP contribution >= 0.6 is 0 Å². The van der Waals surface area contributed by atoms with E-state index in [4.69, 9.17) is 4.74 Å². The fourth-order valence-electron chi connectivity index (χ4n) is 2.99. The minimum absolute atomic E-state index is 0.0532. The number of likely N-dealkylation sites (tertiary alicyclic amines) is 1. The van der Waals surface area contributed by atoms with Crippen LogP contribution in [-0.4, -0.2) is 41.9 Å². The monoisotopic (exact) mass is 326 g/mol. The summed E-state index contributed by atoms with van der Waals surface area (Å²) in [7, 11) is 0. The average molecular weight is 326 g/mol. The number of hydrogen-bond acceptors (Lipinski definition) is 3. The van der Waals surface area contributed by atoms with Gasteiger partial charge in [-0.1, -0.05) is 42.5 Å². The first-order chi connectivity index (χ1) is 11.5. The third-order valence-corrected chi connectivity index (χ3v) is 4.30. The van der Waals surface area contributed by atoms with Gasteiger partial charge in [0.2, 0.25) is 11.8 Å². The zero-order valence-electron chi connectivity index (χ0n) is 14.0. The van der Waals surface area contributed by atoms with E-state index in [9.17, 15) is 9.59 Å². The van der Waals surface area contributed by atoms with Crippen molar-refractivity contribution in [2.24, 2.45) is 0 Å². The number of fused-ring (bicyclic) bond motifs is 1. The van der Waals surface area contributed by atoms with E-state index in [0.29, 0.717) is 19.7 Å². The summed E-state index contributed by atoms with van der Waals surface area (Å²) >= 11 is 0. The molecule has 0 radical (unpaired) electrons. The normalized spacial score (nSPS) is 15.8. The molecule has 2 aromatic carbocycles. The number of carbonyl (C=O) groups excluding carboxylic acids is 2. The second kappa shape index (κ2) is 7.01. The second-order valence-corrected chi connectivity index (χ2v) is 6.24. The molecule has 0 aliphatic carbocycles. The van der Waals surface area contributed by atoms with Crippen LogP contribution in [0.4, 0.5) is 0 Å². The van der Waals surface area contributed by atoms with Gasteiger partial charge < -0.3 is 15.0 Å². The second-order valence-electron chi connectivity index (χ2n) is 6.24. The molecule has 0 unspecified atom stereocenters. The lowest BCUT2D eigenvalue weighted by atomic mass is 10.0. The Hall–Kier alpha value is -2.40. The molecule has 0 aromatic heterocycles. The molecule has 1 aliphatic heterocycles. The first kappa shape index (κ1) is 16.5. The van der Waals surface area contributed by atoms with E-state index in [1.54, 1.807) is 11.8 Å². The van der Waals surface area contributed by atoms with E-state index in [1.165, 1.54) is 17.7 Å². The number of carbonyl (C=O) groups is 2. The van der Waals surface area contributed by atoms with Gasteiger partial charge in [0.15, 0.2) is 0 Å². The van der Waals surface area contributed by atoms with Gasteiger partial charge >= 0.3 is 0 Å². The van der Waals surface area contributed by atoms with E-state index >= 15 is 0 Å². The largest absolute Gasteiger partial charge is 0.370 e. The van der Waals surface area contributed by atoms with E-state index in [2.05, 4.69) is 29.6 Å². The Morgan fingerprint density at radius 2 is 1.92 bits per heavy atom. The predicted octanol–water partition coefficient (Wildman–Crippen LogP) is 2.09. The van der Waals surface area contributed by atoms with Crippen LogP contribution < -0.4 is 5.32 Å². The van der Waals surface area contributed by atoms with Gasteiger partial charge in [-0.15, -0.1) is 0 Å². The Morgan fingerprint density at radius 3 is 2.67 bits per heavy atom. The van der Waals surface area contributed by atoms with Crippen LogP contribution in [0.2, 0.25) is 0 Å². The zero-order valence-corrected chi connectivity index (χ0v) is 14.0. The van der Waals surface area contributed by atoms with Crippen molar-refractivity contribution in [1.82, 2.24) is 10.2 Å². The topological polar surface area (TPSA) is 58.6 Å². The fraction of sp³-hybridized carbons (Fsp3) is 0.368. The summed E-state index contributed by atoms with van der Waals surface area (Å²) in [6.07, 6.45) is 0.0532. The highest BCUT2D eigenvalue weighted by Gasteiger charge is 2.33. The molecule has 0 saturated carbocycles. The van der Waals surface area contributed by atoms with Crippen LogP contribution in [0.15, 0.2) is 42.5 Å². The summed E-state index contributed by atoms with van der Waals surface area (Å²) in [4.78, 5) is 24.8.